The number of rotatable bonds is 12. The number of nitro benzene ring substituents is 1. The van der Waals surface area contributed by atoms with Crippen LogP contribution in [0.4, 0.5) is 5.69 Å². The third-order valence-electron chi connectivity index (χ3n) is 5.88. The van der Waals surface area contributed by atoms with E-state index in [-0.39, 0.29) is 30.0 Å². The van der Waals surface area contributed by atoms with E-state index in [0.29, 0.717) is 25.2 Å². The first-order valence-electron chi connectivity index (χ1n) is 11.9. The van der Waals surface area contributed by atoms with Gasteiger partial charge in [-0.05, 0) is 46.7 Å². The molecule has 0 aliphatic rings. The molecule has 2 aromatic carbocycles. The zero-order chi connectivity index (χ0) is 25.9. The predicted molar refractivity (Wildman–Crippen MR) is 143 cm³/mol. The fourth-order valence-corrected chi connectivity index (χ4v) is 4.33. The summed E-state index contributed by atoms with van der Waals surface area (Å²) >= 11 is 1.60. The Morgan fingerprint density at radius 1 is 1.00 bits per heavy atom. The molecular formula is C28H31N3O4S. The fourth-order valence-electron chi connectivity index (χ4n) is 3.61. The zero-order valence-corrected chi connectivity index (χ0v) is 21.4. The summed E-state index contributed by atoms with van der Waals surface area (Å²) < 4.78 is 0. The monoisotopic (exact) mass is 505 g/mol. The van der Waals surface area contributed by atoms with E-state index in [9.17, 15) is 19.7 Å². The van der Waals surface area contributed by atoms with Gasteiger partial charge in [0.2, 0.25) is 11.8 Å². The van der Waals surface area contributed by atoms with Crippen molar-refractivity contribution >= 4 is 34.9 Å². The highest BCUT2D eigenvalue weighted by Gasteiger charge is 2.22. The summed E-state index contributed by atoms with van der Waals surface area (Å²) in [6.07, 6.45) is 3.93. The summed E-state index contributed by atoms with van der Waals surface area (Å²) in [5.74, 6) is -0.153. The van der Waals surface area contributed by atoms with Crippen molar-refractivity contribution in [2.75, 3.05) is 13.1 Å². The second-order valence-electron chi connectivity index (χ2n) is 8.73. The van der Waals surface area contributed by atoms with Gasteiger partial charge in [0.15, 0.2) is 0 Å². The van der Waals surface area contributed by atoms with Crippen LogP contribution in [-0.4, -0.2) is 39.6 Å². The highest BCUT2D eigenvalue weighted by Crippen LogP contribution is 2.17. The average molecular weight is 506 g/mol. The molecule has 7 nitrogen and oxygen atoms in total. The first-order chi connectivity index (χ1) is 17.4. The number of hydrogen-bond donors (Lipinski definition) is 0. The topological polar surface area (TPSA) is 83.8 Å². The summed E-state index contributed by atoms with van der Waals surface area (Å²) in [7, 11) is 0. The summed E-state index contributed by atoms with van der Waals surface area (Å²) in [5.41, 5.74) is 1.69. The number of carbonyl (C=O) groups excluding carboxylic acids is 2. The Hall–Kier alpha value is -3.78. The summed E-state index contributed by atoms with van der Waals surface area (Å²) in [6, 6.07) is 19.8. The smallest absolute Gasteiger partial charge is 0.269 e. The standard InChI is InChI=1S/C28H31N3O4S/c1-3-22(2)18-29(27(32)16-13-23-11-14-25(15-12-23)31(34)35)21-28(33)30(20-26-10-7-17-36-26)19-24-8-5-4-6-9-24/h4-17,22H,3,18-21H2,1-2H3/b16-13+. The normalized spacial score (nSPS) is 11.8. The maximum Gasteiger partial charge on any atom is 0.269 e. The Labute approximate surface area is 215 Å². The molecule has 3 rings (SSSR count). The zero-order valence-electron chi connectivity index (χ0n) is 20.6. The van der Waals surface area contributed by atoms with Gasteiger partial charge in [-0.3, -0.25) is 19.7 Å². The molecule has 0 radical (unpaired) electrons. The number of benzene rings is 2. The maximum atomic E-state index is 13.5. The van der Waals surface area contributed by atoms with E-state index in [1.807, 2.05) is 47.8 Å². The molecule has 36 heavy (non-hydrogen) atoms. The van der Waals surface area contributed by atoms with Gasteiger partial charge in [-0.2, -0.15) is 0 Å². The van der Waals surface area contributed by atoms with Gasteiger partial charge in [0.25, 0.3) is 5.69 Å². The van der Waals surface area contributed by atoms with Crippen LogP contribution in [0.15, 0.2) is 78.2 Å². The van der Waals surface area contributed by atoms with Crippen molar-refractivity contribution < 1.29 is 14.5 Å². The molecule has 1 heterocycles. The molecule has 188 valence electrons. The summed E-state index contributed by atoms with van der Waals surface area (Å²) in [4.78, 5) is 41.5. The van der Waals surface area contributed by atoms with Crippen molar-refractivity contribution in [2.45, 2.75) is 33.4 Å². The van der Waals surface area contributed by atoms with Crippen LogP contribution in [0.25, 0.3) is 6.08 Å². The molecule has 1 aromatic heterocycles. The van der Waals surface area contributed by atoms with Crippen LogP contribution in [0, 0.1) is 16.0 Å². The van der Waals surface area contributed by atoms with Gasteiger partial charge in [0.05, 0.1) is 11.5 Å². The van der Waals surface area contributed by atoms with Gasteiger partial charge in [-0.1, -0.05) is 56.7 Å². The van der Waals surface area contributed by atoms with Crippen LogP contribution in [-0.2, 0) is 22.7 Å². The van der Waals surface area contributed by atoms with Crippen molar-refractivity contribution in [2.24, 2.45) is 5.92 Å². The lowest BCUT2D eigenvalue weighted by Gasteiger charge is -2.28. The van der Waals surface area contributed by atoms with Crippen molar-refractivity contribution in [3.8, 4) is 0 Å². The van der Waals surface area contributed by atoms with Gasteiger partial charge in [0.1, 0.15) is 6.54 Å². The van der Waals surface area contributed by atoms with E-state index in [2.05, 4.69) is 13.8 Å². The maximum absolute atomic E-state index is 13.5. The van der Waals surface area contributed by atoms with Crippen LogP contribution < -0.4 is 0 Å². The first-order valence-corrected chi connectivity index (χ1v) is 12.8. The lowest BCUT2D eigenvalue weighted by molar-refractivity contribution is -0.384. The van der Waals surface area contributed by atoms with Gasteiger partial charge >= 0.3 is 0 Å². The molecule has 8 heteroatoms. The van der Waals surface area contributed by atoms with Crippen molar-refractivity contribution in [1.29, 1.82) is 0 Å². The number of nitrogens with zero attached hydrogens (tertiary/aromatic N) is 3. The molecule has 3 aromatic rings. The Kier molecular flexibility index (Phi) is 9.94. The summed E-state index contributed by atoms with van der Waals surface area (Å²) in [6.45, 7) is 5.49. The number of thiophene rings is 1. The molecule has 0 saturated carbocycles. The third-order valence-corrected chi connectivity index (χ3v) is 6.75. The molecule has 0 saturated heterocycles. The van der Waals surface area contributed by atoms with Gasteiger partial charge in [-0.25, -0.2) is 0 Å². The minimum Gasteiger partial charge on any atom is -0.332 e. The number of nitro groups is 1. The van der Waals surface area contributed by atoms with Gasteiger partial charge in [0, 0.05) is 36.2 Å². The minimum absolute atomic E-state index is 0.00767. The summed E-state index contributed by atoms with van der Waals surface area (Å²) in [5, 5.41) is 12.9. The van der Waals surface area contributed by atoms with E-state index in [1.165, 1.54) is 18.2 Å². The Bertz CT molecular complexity index is 1160. The predicted octanol–water partition coefficient (Wildman–Crippen LogP) is 5.77. The van der Waals surface area contributed by atoms with Crippen molar-refractivity contribution in [3.63, 3.8) is 0 Å². The molecule has 0 fully saturated rings. The largest absolute Gasteiger partial charge is 0.332 e. The minimum atomic E-state index is -0.463. The Morgan fingerprint density at radius 2 is 1.72 bits per heavy atom. The van der Waals surface area contributed by atoms with E-state index in [4.69, 9.17) is 0 Å². The van der Waals surface area contributed by atoms with Crippen LogP contribution >= 0.6 is 11.3 Å². The van der Waals surface area contributed by atoms with Crippen LogP contribution in [0.5, 0.6) is 0 Å². The number of hydrogen-bond acceptors (Lipinski definition) is 5. The molecule has 1 atom stereocenters. The molecule has 0 bridgehead atoms. The first kappa shape index (κ1) is 26.8. The Balaban J connectivity index is 1.76. The molecule has 0 spiro atoms. The lowest BCUT2D eigenvalue weighted by Crippen LogP contribution is -2.43. The molecule has 1 unspecified atom stereocenters. The molecule has 0 N–H and O–H groups in total. The second kappa shape index (κ2) is 13.3. The average Bonchev–Trinajstić information content (AvgIpc) is 3.40. The number of amides is 2. The highest BCUT2D eigenvalue weighted by molar-refractivity contribution is 7.09. The molecule has 0 aliphatic heterocycles. The van der Waals surface area contributed by atoms with Gasteiger partial charge in [-0.15, -0.1) is 11.3 Å². The van der Waals surface area contributed by atoms with Crippen LogP contribution in [0.2, 0.25) is 0 Å². The van der Waals surface area contributed by atoms with Crippen LogP contribution in [0.1, 0.15) is 36.3 Å². The van der Waals surface area contributed by atoms with Crippen LogP contribution in [0.3, 0.4) is 0 Å². The number of non-ortho nitro benzene ring substituents is 1. The van der Waals surface area contributed by atoms with Gasteiger partial charge < -0.3 is 9.80 Å². The lowest BCUT2D eigenvalue weighted by atomic mass is 10.1. The second-order valence-corrected chi connectivity index (χ2v) is 9.76. The SMILES string of the molecule is CCC(C)CN(CC(=O)N(Cc1ccccc1)Cc1cccs1)C(=O)/C=C/c1ccc([N+](=O)[O-])cc1. The molecule has 0 aliphatic carbocycles. The van der Waals surface area contributed by atoms with Crippen molar-refractivity contribution in [1.82, 2.24) is 9.80 Å². The molecular weight excluding hydrogens is 474 g/mol. The quantitative estimate of drug-likeness (QED) is 0.178. The highest BCUT2D eigenvalue weighted by atomic mass is 32.1. The van der Waals surface area contributed by atoms with E-state index in [1.54, 1.807) is 39.3 Å². The fraction of sp³-hybridized carbons (Fsp3) is 0.286. The number of carbonyl (C=O) groups is 2. The van der Waals surface area contributed by atoms with E-state index < -0.39 is 4.92 Å². The van der Waals surface area contributed by atoms with Crippen molar-refractivity contribution in [3.05, 3.63) is 104 Å². The molecule has 2 amide bonds. The Morgan fingerprint density at radius 3 is 2.33 bits per heavy atom. The third kappa shape index (κ3) is 8.16. The van der Waals surface area contributed by atoms with E-state index >= 15 is 0 Å². The van der Waals surface area contributed by atoms with E-state index in [0.717, 1.165) is 16.9 Å².